The number of benzene rings is 1. The van der Waals surface area contributed by atoms with Crippen molar-refractivity contribution in [2.75, 3.05) is 25.5 Å². The number of nitrogens with one attached hydrogen (secondary N) is 2. The van der Waals surface area contributed by atoms with Crippen LogP contribution in [0, 0.1) is 19.8 Å². The molecule has 1 saturated heterocycles. The van der Waals surface area contributed by atoms with Crippen LogP contribution in [-0.2, 0) is 4.79 Å². The van der Waals surface area contributed by atoms with E-state index in [1.54, 1.807) is 7.11 Å². The summed E-state index contributed by atoms with van der Waals surface area (Å²) in [5, 5.41) is 6.26. The van der Waals surface area contributed by atoms with E-state index in [1.165, 1.54) is 0 Å². The van der Waals surface area contributed by atoms with Gasteiger partial charge < -0.3 is 15.4 Å². The normalized spacial score (nSPS) is 18.4. The van der Waals surface area contributed by atoms with Gasteiger partial charge in [0.2, 0.25) is 5.91 Å². The first-order chi connectivity index (χ1) is 9.10. The highest BCUT2D eigenvalue weighted by atomic mass is 16.5. The number of hydrogen-bond donors (Lipinski definition) is 2. The molecule has 104 valence electrons. The predicted octanol–water partition coefficient (Wildman–Crippen LogP) is 2.25. The van der Waals surface area contributed by atoms with Gasteiger partial charge in [-0.2, -0.15) is 0 Å². The molecule has 1 aromatic carbocycles. The van der Waals surface area contributed by atoms with Crippen molar-refractivity contribution in [3.05, 3.63) is 23.3 Å². The van der Waals surface area contributed by atoms with Crippen molar-refractivity contribution in [1.82, 2.24) is 5.32 Å². The summed E-state index contributed by atoms with van der Waals surface area (Å²) in [6, 6.07) is 3.91. The fourth-order valence-corrected chi connectivity index (χ4v) is 2.71. The van der Waals surface area contributed by atoms with E-state index in [2.05, 4.69) is 10.6 Å². The molecule has 1 aromatic rings. The molecule has 0 bridgehead atoms. The molecular formula is C15H22N2O2. The van der Waals surface area contributed by atoms with Gasteiger partial charge in [0.05, 0.1) is 7.11 Å². The molecule has 0 aliphatic carbocycles. The Balaban J connectivity index is 2.00. The van der Waals surface area contributed by atoms with E-state index in [4.69, 9.17) is 4.74 Å². The minimum atomic E-state index is 0.0951. The number of anilines is 1. The van der Waals surface area contributed by atoms with Crippen LogP contribution in [0.1, 0.15) is 24.0 Å². The van der Waals surface area contributed by atoms with E-state index in [0.717, 1.165) is 42.1 Å². The van der Waals surface area contributed by atoms with Crippen LogP contribution in [0.3, 0.4) is 0 Å². The Morgan fingerprint density at radius 2 is 2.11 bits per heavy atom. The topological polar surface area (TPSA) is 50.4 Å². The van der Waals surface area contributed by atoms with E-state index >= 15 is 0 Å². The maximum absolute atomic E-state index is 12.0. The molecule has 1 atom stereocenters. The van der Waals surface area contributed by atoms with Crippen molar-refractivity contribution in [1.29, 1.82) is 0 Å². The van der Waals surface area contributed by atoms with E-state index in [-0.39, 0.29) is 5.91 Å². The summed E-state index contributed by atoms with van der Waals surface area (Å²) >= 11 is 0. The van der Waals surface area contributed by atoms with E-state index in [1.807, 2.05) is 26.0 Å². The van der Waals surface area contributed by atoms with E-state index in [9.17, 15) is 4.79 Å². The third-order valence-electron chi connectivity index (χ3n) is 3.58. The van der Waals surface area contributed by atoms with Crippen LogP contribution in [0.15, 0.2) is 12.1 Å². The number of methoxy groups -OCH3 is 1. The van der Waals surface area contributed by atoms with Gasteiger partial charge in [0, 0.05) is 12.1 Å². The summed E-state index contributed by atoms with van der Waals surface area (Å²) in [5.74, 6) is 1.45. The standard InChI is InChI=1S/C15H22N2O2/c1-10-6-13(7-11(2)15(10)19-3)17-14(18)8-12-4-5-16-9-12/h6-7,12,16H,4-5,8-9H2,1-3H3,(H,17,18). The Hall–Kier alpha value is -1.55. The minimum Gasteiger partial charge on any atom is -0.496 e. The number of carbonyl (C=O) groups is 1. The Kier molecular flexibility index (Phi) is 4.43. The molecule has 0 radical (unpaired) electrons. The van der Waals surface area contributed by atoms with Crippen LogP contribution in [0.4, 0.5) is 5.69 Å². The third kappa shape index (κ3) is 3.47. The molecule has 1 aliphatic rings. The molecule has 0 spiro atoms. The zero-order valence-corrected chi connectivity index (χ0v) is 11.9. The number of aryl methyl sites for hydroxylation is 2. The molecule has 4 heteroatoms. The first-order valence-electron chi connectivity index (χ1n) is 6.76. The summed E-state index contributed by atoms with van der Waals surface area (Å²) in [5.41, 5.74) is 2.94. The van der Waals surface area contributed by atoms with Crippen molar-refractivity contribution in [3.63, 3.8) is 0 Å². The summed E-state index contributed by atoms with van der Waals surface area (Å²) in [7, 11) is 1.67. The first-order valence-corrected chi connectivity index (χ1v) is 6.76. The molecular weight excluding hydrogens is 240 g/mol. The van der Waals surface area contributed by atoms with Crippen LogP contribution in [-0.4, -0.2) is 26.1 Å². The van der Waals surface area contributed by atoms with Crippen LogP contribution in [0.25, 0.3) is 0 Å². The number of amides is 1. The summed E-state index contributed by atoms with van der Waals surface area (Å²) in [6.45, 7) is 5.96. The smallest absolute Gasteiger partial charge is 0.224 e. The molecule has 1 amide bonds. The van der Waals surface area contributed by atoms with Crippen molar-refractivity contribution < 1.29 is 9.53 Å². The largest absolute Gasteiger partial charge is 0.496 e. The Morgan fingerprint density at radius 3 is 2.63 bits per heavy atom. The zero-order chi connectivity index (χ0) is 13.8. The fourth-order valence-electron chi connectivity index (χ4n) is 2.71. The SMILES string of the molecule is COc1c(C)cc(NC(=O)CC2CCNC2)cc1C. The minimum absolute atomic E-state index is 0.0951. The van der Waals surface area contributed by atoms with Gasteiger partial charge in [0.25, 0.3) is 0 Å². The van der Waals surface area contributed by atoms with Gasteiger partial charge in [0.1, 0.15) is 5.75 Å². The van der Waals surface area contributed by atoms with Gasteiger partial charge >= 0.3 is 0 Å². The molecule has 1 aliphatic heterocycles. The van der Waals surface area contributed by atoms with Gasteiger partial charge in [0.15, 0.2) is 0 Å². The second kappa shape index (κ2) is 6.06. The average molecular weight is 262 g/mol. The molecule has 0 saturated carbocycles. The lowest BCUT2D eigenvalue weighted by Gasteiger charge is -2.13. The quantitative estimate of drug-likeness (QED) is 0.875. The molecule has 2 rings (SSSR count). The monoisotopic (exact) mass is 262 g/mol. The van der Waals surface area contributed by atoms with E-state index in [0.29, 0.717) is 12.3 Å². The van der Waals surface area contributed by atoms with Gasteiger partial charge in [-0.25, -0.2) is 0 Å². The molecule has 1 unspecified atom stereocenters. The highest BCUT2D eigenvalue weighted by molar-refractivity contribution is 5.91. The van der Waals surface area contributed by atoms with Crippen LogP contribution >= 0.6 is 0 Å². The van der Waals surface area contributed by atoms with Crippen molar-refractivity contribution >= 4 is 11.6 Å². The van der Waals surface area contributed by atoms with Crippen molar-refractivity contribution in [3.8, 4) is 5.75 Å². The van der Waals surface area contributed by atoms with E-state index < -0.39 is 0 Å². The highest BCUT2D eigenvalue weighted by Gasteiger charge is 2.18. The Morgan fingerprint density at radius 1 is 1.42 bits per heavy atom. The van der Waals surface area contributed by atoms with Crippen molar-refractivity contribution in [2.24, 2.45) is 5.92 Å². The second-order valence-electron chi connectivity index (χ2n) is 5.25. The molecule has 2 N–H and O–H groups in total. The predicted molar refractivity (Wildman–Crippen MR) is 76.7 cm³/mol. The summed E-state index contributed by atoms with van der Waals surface area (Å²) < 4.78 is 5.32. The zero-order valence-electron chi connectivity index (χ0n) is 11.9. The molecule has 0 aromatic heterocycles. The van der Waals surface area contributed by atoms with Crippen LogP contribution < -0.4 is 15.4 Å². The van der Waals surface area contributed by atoms with Gasteiger partial charge in [-0.1, -0.05) is 0 Å². The lowest BCUT2D eigenvalue weighted by atomic mass is 10.0. The second-order valence-corrected chi connectivity index (χ2v) is 5.25. The average Bonchev–Trinajstić information content (AvgIpc) is 2.81. The molecule has 19 heavy (non-hydrogen) atoms. The Labute approximate surface area is 114 Å². The number of carbonyl (C=O) groups excluding carboxylic acids is 1. The highest BCUT2D eigenvalue weighted by Crippen LogP contribution is 2.27. The first kappa shape index (κ1) is 13.9. The number of rotatable bonds is 4. The maximum Gasteiger partial charge on any atom is 0.224 e. The molecule has 1 heterocycles. The lowest BCUT2D eigenvalue weighted by molar-refractivity contribution is -0.116. The van der Waals surface area contributed by atoms with Crippen molar-refractivity contribution in [2.45, 2.75) is 26.7 Å². The Bertz CT molecular complexity index is 442. The van der Waals surface area contributed by atoms with Gasteiger partial charge in [-0.05, 0) is 62.5 Å². The fraction of sp³-hybridized carbons (Fsp3) is 0.533. The maximum atomic E-state index is 12.0. The molecule has 1 fully saturated rings. The summed E-state index contributed by atoms with van der Waals surface area (Å²) in [4.78, 5) is 12.0. The lowest BCUT2D eigenvalue weighted by Crippen LogP contribution is -2.18. The summed E-state index contributed by atoms with van der Waals surface area (Å²) in [6.07, 6.45) is 1.69. The number of hydrogen-bond acceptors (Lipinski definition) is 3. The van der Waals surface area contributed by atoms with Gasteiger partial charge in [-0.15, -0.1) is 0 Å². The third-order valence-corrected chi connectivity index (χ3v) is 3.58. The molecule has 4 nitrogen and oxygen atoms in total. The van der Waals surface area contributed by atoms with Gasteiger partial charge in [-0.3, -0.25) is 4.79 Å². The number of ether oxygens (including phenoxy) is 1. The van der Waals surface area contributed by atoms with Crippen LogP contribution in [0.2, 0.25) is 0 Å². The van der Waals surface area contributed by atoms with Crippen LogP contribution in [0.5, 0.6) is 5.75 Å².